The van der Waals surface area contributed by atoms with Gasteiger partial charge in [-0.25, -0.2) is 4.79 Å². The summed E-state index contributed by atoms with van der Waals surface area (Å²) in [6.07, 6.45) is 2.22. The molecule has 0 aromatic heterocycles. The normalized spacial score (nSPS) is 18.1. The Bertz CT molecular complexity index is 598. The van der Waals surface area contributed by atoms with Crippen LogP contribution in [0.3, 0.4) is 0 Å². The summed E-state index contributed by atoms with van der Waals surface area (Å²) < 4.78 is 0. The lowest BCUT2D eigenvalue weighted by atomic mass is 10.2. The molecule has 1 saturated carbocycles. The highest BCUT2D eigenvalue weighted by atomic mass is 16.2. The van der Waals surface area contributed by atoms with E-state index in [1.165, 1.54) is 0 Å². The lowest BCUT2D eigenvalue weighted by Gasteiger charge is -2.34. The molecule has 0 spiro atoms. The summed E-state index contributed by atoms with van der Waals surface area (Å²) in [5, 5.41) is 2.91. The second-order valence-electron chi connectivity index (χ2n) is 6.46. The molecule has 0 atom stereocenters. The minimum absolute atomic E-state index is 0.0727. The number of carbonyl (C=O) groups excluding carboxylic acids is 2. The average Bonchev–Trinajstić information content (AvgIpc) is 3.37. The molecule has 0 bridgehead atoms. The topological polar surface area (TPSA) is 55.9 Å². The van der Waals surface area contributed by atoms with Gasteiger partial charge in [-0.1, -0.05) is 12.1 Å². The van der Waals surface area contributed by atoms with E-state index in [1.54, 1.807) is 4.90 Å². The summed E-state index contributed by atoms with van der Waals surface area (Å²) >= 11 is 0. The number of piperazine rings is 1. The van der Waals surface area contributed by atoms with Gasteiger partial charge in [0, 0.05) is 45.5 Å². The first-order valence-electron chi connectivity index (χ1n) is 8.13. The van der Waals surface area contributed by atoms with Crippen LogP contribution in [0.1, 0.15) is 18.4 Å². The maximum Gasteiger partial charge on any atom is 0.318 e. The maximum atomic E-state index is 12.3. The minimum atomic E-state index is -0.163. The van der Waals surface area contributed by atoms with E-state index in [-0.39, 0.29) is 18.5 Å². The summed E-state index contributed by atoms with van der Waals surface area (Å²) in [5.74, 6) is 0.0727. The van der Waals surface area contributed by atoms with Crippen LogP contribution in [0.25, 0.3) is 0 Å². The van der Waals surface area contributed by atoms with Crippen LogP contribution in [0.4, 0.5) is 10.5 Å². The van der Waals surface area contributed by atoms with Gasteiger partial charge in [0.15, 0.2) is 0 Å². The van der Waals surface area contributed by atoms with Gasteiger partial charge in [-0.3, -0.25) is 4.79 Å². The maximum absolute atomic E-state index is 12.3. The number of nitrogens with one attached hydrogen (secondary N) is 1. The molecule has 124 valence electrons. The number of carbonyl (C=O) groups is 2. The number of benzene rings is 1. The Morgan fingerprint density at radius 3 is 2.74 bits per heavy atom. The van der Waals surface area contributed by atoms with E-state index in [1.807, 2.05) is 42.1 Å². The third-order valence-corrected chi connectivity index (χ3v) is 4.40. The summed E-state index contributed by atoms with van der Waals surface area (Å²) in [7, 11) is 3.98. The van der Waals surface area contributed by atoms with Crippen molar-refractivity contribution in [2.45, 2.75) is 25.4 Å². The summed E-state index contributed by atoms with van der Waals surface area (Å²) in [5.41, 5.74) is 2.15. The number of anilines is 1. The monoisotopic (exact) mass is 316 g/mol. The van der Waals surface area contributed by atoms with E-state index in [4.69, 9.17) is 0 Å². The van der Waals surface area contributed by atoms with E-state index in [0.717, 1.165) is 24.1 Å². The molecule has 1 aromatic rings. The fraction of sp³-hybridized carbons (Fsp3) is 0.529. The molecule has 23 heavy (non-hydrogen) atoms. The summed E-state index contributed by atoms with van der Waals surface area (Å²) in [4.78, 5) is 29.9. The predicted molar refractivity (Wildman–Crippen MR) is 89.3 cm³/mol. The molecule has 0 radical (unpaired) electrons. The molecule has 6 heteroatoms. The van der Waals surface area contributed by atoms with Gasteiger partial charge >= 0.3 is 6.03 Å². The van der Waals surface area contributed by atoms with Crippen molar-refractivity contribution in [1.29, 1.82) is 0 Å². The second-order valence-corrected chi connectivity index (χ2v) is 6.46. The molecule has 1 aliphatic carbocycles. The van der Waals surface area contributed by atoms with Crippen molar-refractivity contribution in [1.82, 2.24) is 15.1 Å². The van der Waals surface area contributed by atoms with Crippen LogP contribution >= 0.6 is 0 Å². The van der Waals surface area contributed by atoms with E-state index < -0.39 is 0 Å². The van der Waals surface area contributed by atoms with Gasteiger partial charge in [0.25, 0.3) is 0 Å². The van der Waals surface area contributed by atoms with Crippen LogP contribution in [0, 0.1) is 0 Å². The van der Waals surface area contributed by atoms with Gasteiger partial charge in [0.2, 0.25) is 5.91 Å². The minimum Gasteiger partial charge on any atom is -0.378 e. The van der Waals surface area contributed by atoms with E-state index in [2.05, 4.69) is 11.4 Å². The van der Waals surface area contributed by atoms with Crippen molar-refractivity contribution in [3.8, 4) is 0 Å². The first-order valence-corrected chi connectivity index (χ1v) is 8.13. The number of rotatable bonds is 4. The van der Waals surface area contributed by atoms with Crippen LogP contribution in [-0.4, -0.2) is 61.5 Å². The van der Waals surface area contributed by atoms with Crippen molar-refractivity contribution < 1.29 is 9.59 Å². The Morgan fingerprint density at radius 2 is 2.09 bits per heavy atom. The van der Waals surface area contributed by atoms with E-state index in [9.17, 15) is 9.59 Å². The summed E-state index contributed by atoms with van der Waals surface area (Å²) in [6, 6.07) is 8.32. The number of hydrogen-bond donors (Lipinski definition) is 1. The lowest BCUT2D eigenvalue weighted by Crippen LogP contribution is -2.55. The summed E-state index contributed by atoms with van der Waals surface area (Å²) in [6.45, 7) is 1.94. The van der Waals surface area contributed by atoms with Gasteiger partial charge < -0.3 is 20.0 Å². The Kier molecular flexibility index (Phi) is 4.41. The van der Waals surface area contributed by atoms with Gasteiger partial charge in [-0.15, -0.1) is 0 Å². The smallest absolute Gasteiger partial charge is 0.318 e. The second kappa shape index (κ2) is 6.48. The zero-order chi connectivity index (χ0) is 16.4. The fourth-order valence-corrected chi connectivity index (χ4v) is 2.87. The molecule has 2 fully saturated rings. The SMILES string of the molecule is CN(C)c1cccc(CNC(=O)N2CCN(C3CC3)C(=O)C2)c1. The number of hydrogen-bond acceptors (Lipinski definition) is 3. The van der Waals surface area contributed by atoms with Crippen molar-refractivity contribution in [3.63, 3.8) is 0 Å². The molecule has 1 heterocycles. The molecule has 1 N–H and O–H groups in total. The molecule has 3 rings (SSSR count). The third kappa shape index (κ3) is 3.75. The molecular formula is C17H24N4O2. The highest BCUT2D eigenvalue weighted by Crippen LogP contribution is 2.28. The quantitative estimate of drug-likeness (QED) is 0.910. The molecule has 3 amide bonds. The first kappa shape index (κ1) is 15.6. The van der Waals surface area contributed by atoms with Crippen molar-refractivity contribution in [2.75, 3.05) is 38.6 Å². The van der Waals surface area contributed by atoms with Crippen LogP contribution < -0.4 is 10.2 Å². The van der Waals surface area contributed by atoms with Crippen LogP contribution in [0.2, 0.25) is 0 Å². The highest BCUT2D eigenvalue weighted by Gasteiger charge is 2.36. The Balaban J connectivity index is 1.51. The van der Waals surface area contributed by atoms with Gasteiger partial charge in [-0.05, 0) is 30.5 Å². The molecule has 0 unspecified atom stereocenters. The van der Waals surface area contributed by atoms with E-state index >= 15 is 0 Å². The largest absolute Gasteiger partial charge is 0.378 e. The lowest BCUT2D eigenvalue weighted by molar-refractivity contribution is -0.135. The zero-order valence-electron chi connectivity index (χ0n) is 13.8. The standard InChI is InChI=1S/C17H24N4O2/c1-19(2)15-5-3-4-13(10-15)11-18-17(23)20-8-9-21(14-6-7-14)16(22)12-20/h3-5,10,14H,6-9,11-12H2,1-2H3,(H,18,23). The number of nitrogens with zero attached hydrogens (tertiary/aromatic N) is 3. The fourth-order valence-electron chi connectivity index (χ4n) is 2.87. The van der Waals surface area contributed by atoms with Crippen LogP contribution in [0.5, 0.6) is 0 Å². The molecule has 2 aliphatic rings. The zero-order valence-corrected chi connectivity index (χ0v) is 13.8. The Hall–Kier alpha value is -2.24. The molecule has 1 aliphatic heterocycles. The van der Waals surface area contributed by atoms with Crippen LogP contribution in [0.15, 0.2) is 24.3 Å². The molecule has 1 aromatic carbocycles. The van der Waals surface area contributed by atoms with E-state index in [0.29, 0.717) is 25.7 Å². The Morgan fingerprint density at radius 1 is 1.30 bits per heavy atom. The first-order chi connectivity index (χ1) is 11.0. The predicted octanol–water partition coefficient (Wildman–Crippen LogP) is 1.27. The number of amides is 3. The van der Waals surface area contributed by atoms with Crippen molar-refractivity contribution >= 4 is 17.6 Å². The Labute approximate surface area is 137 Å². The van der Waals surface area contributed by atoms with Gasteiger partial charge in [0.05, 0.1) is 0 Å². The third-order valence-electron chi connectivity index (χ3n) is 4.40. The molecule has 6 nitrogen and oxygen atoms in total. The highest BCUT2D eigenvalue weighted by molar-refractivity contribution is 5.85. The van der Waals surface area contributed by atoms with Crippen molar-refractivity contribution in [3.05, 3.63) is 29.8 Å². The number of urea groups is 1. The van der Waals surface area contributed by atoms with Crippen molar-refractivity contribution in [2.24, 2.45) is 0 Å². The average molecular weight is 316 g/mol. The van der Waals surface area contributed by atoms with Gasteiger partial charge in [-0.2, -0.15) is 0 Å². The van der Waals surface area contributed by atoms with Gasteiger partial charge in [0.1, 0.15) is 6.54 Å². The molecular weight excluding hydrogens is 292 g/mol. The molecule has 1 saturated heterocycles. The van der Waals surface area contributed by atoms with Crippen LogP contribution in [-0.2, 0) is 11.3 Å².